The van der Waals surface area contributed by atoms with Crippen LogP contribution < -0.4 is 5.32 Å². The second-order valence-corrected chi connectivity index (χ2v) is 9.94. The van der Waals surface area contributed by atoms with Crippen molar-refractivity contribution in [2.24, 2.45) is 4.99 Å². The van der Waals surface area contributed by atoms with E-state index in [0.29, 0.717) is 0 Å². The molecular formula is C21H33N3OS. The second-order valence-electron chi connectivity index (χ2n) is 8.14. The van der Waals surface area contributed by atoms with Gasteiger partial charge in [-0.25, -0.2) is 0 Å². The number of guanidine groups is 1. The lowest BCUT2D eigenvalue weighted by atomic mass is 9.72. The Morgan fingerprint density at radius 3 is 2.65 bits per heavy atom. The Hall–Kier alpha value is -1.20. The molecule has 2 fully saturated rings. The van der Waals surface area contributed by atoms with Gasteiger partial charge in [0.2, 0.25) is 0 Å². The molecule has 2 heterocycles. The Balaban J connectivity index is 1.76. The van der Waals surface area contributed by atoms with Crippen molar-refractivity contribution in [3.63, 3.8) is 0 Å². The Labute approximate surface area is 162 Å². The lowest BCUT2D eigenvalue weighted by Gasteiger charge is -2.42. The molecule has 0 saturated carbocycles. The number of rotatable bonds is 3. The maximum Gasteiger partial charge on any atom is 0.193 e. The Bertz CT molecular complexity index is 638. The van der Waals surface area contributed by atoms with Crippen molar-refractivity contribution in [3.8, 4) is 0 Å². The third-order valence-electron chi connectivity index (χ3n) is 5.69. The van der Waals surface area contributed by atoms with Gasteiger partial charge in [0.05, 0.1) is 0 Å². The summed E-state index contributed by atoms with van der Waals surface area (Å²) in [6.45, 7) is 11.6. The SMILES string of the molecule is CN=C(NCC1(c2ccccc2C)CCOCC1)N1CCSC(C)(C)C1. The van der Waals surface area contributed by atoms with Crippen LogP contribution in [0.2, 0.25) is 0 Å². The third kappa shape index (κ3) is 4.37. The fourth-order valence-corrected chi connectivity index (χ4v) is 5.36. The summed E-state index contributed by atoms with van der Waals surface area (Å²) in [5, 5.41) is 3.72. The molecule has 1 N–H and O–H groups in total. The molecule has 0 atom stereocenters. The summed E-state index contributed by atoms with van der Waals surface area (Å²) >= 11 is 2.06. The fourth-order valence-electron chi connectivity index (χ4n) is 4.25. The van der Waals surface area contributed by atoms with E-state index in [1.807, 2.05) is 7.05 Å². The van der Waals surface area contributed by atoms with Gasteiger partial charge in [-0.2, -0.15) is 11.8 Å². The number of hydrogen-bond donors (Lipinski definition) is 1. The molecule has 0 aromatic heterocycles. The second kappa shape index (κ2) is 8.22. The van der Waals surface area contributed by atoms with Gasteiger partial charge in [0.15, 0.2) is 5.96 Å². The molecule has 0 bridgehead atoms. The first-order valence-corrected chi connectivity index (χ1v) is 10.7. The molecule has 0 unspecified atom stereocenters. The van der Waals surface area contributed by atoms with Crippen molar-refractivity contribution in [1.82, 2.24) is 10.2 Å². The minimum atomic E-state index is 0.125. The molecule has 0 spiro atoms. The van der Waals surface area contributed by atoms with E-state index in [4.69, 9.17) is 4.74 Å². The van der Waals surface area contributed by atoms with Gasteiger partial charge in [-0.15, -0.1) is 0 Å². The van der Waals surface area contributed by atoms with Gasteiger partial charge in [-0.05, 0) is 44.7 Å². The zero-order chi connectivity index (χ0) is 18.6. The number of aliphatic imine (C=N–C) groups is 1. The van der Waals surface area contributed by atoms with Crippen LogP contribution in [0.1, 0.15) is 37.8 Å². The van der Waals surface area contributed by atoms with Gasteiger partial charge in [-0.3, -0.25) is 4.99 Å². The van der Waals surface area contributed by atoms with Gasteiger partial charge in [0, 0.05) is 55.8 Å². The highest BCUT2D eigenvalue weighted by molar-refractivity contribution is 8.00. The van der Waals surface area contributed by atoms with E-state index in [1.54, 1.807) is 0 Å². The fraction of sp³-hybridized carbons (Fsp3) is 0.667. The number of thioether (sulfide) groups is 1. The first-order valence-electron chi connectivity index (χ1n) is 9.69. The molecule has 3 rings (SSSR count). The topological polar surface area (TPSA) is 36.9 Å². The number of ether oxygens (including phenoxy) is 1. The van der Waals surface area contributed by atoms with Crippen LogP contribution in [0.25, 0.3) is 0 Å². The average molecular weight is 376 g/mol. The largest absolute Gasteiger partial charge is 0.381 e. The first kappa shape index (κ1) is 19.6. The first-order chi connectivity index (χ1) is 12.5. The number of nitrogens with zero attached hydrogens (tertiary/aromatic N) is 2. The lowest BCUT2D eigenvalue weighted by molar-refractivity contribution is 0.0509. The van der Waals surface area contributed by atoms with Gasteiger partial charge in [-0.1, -0.05) is 24.3 Å². The number of hydrogen-bond acceptors (Lipinski definition) is 3. The molecule has 5 heteroatoms. The number of benzene rings is 1. The van der Waals surface area contributed by atoms with Crippen LogP contribution in [-0.4, -0.2) is 61.3 Å². The summed E-state index contributed by atoms with van der Waals surface area (Å²) in [7, 11) is 1.90. The minimum Gasteiger partial charge on any atom is -0.381 e. The van der Waals surface area contributed by atoms with E-state index in [2.05, 4.69) is 72.0 Å². The van der Waals surface area contributed by atoms with Crippen molar-refractivity contribution in [1.29, 1.82) is 0 Å². The maximum absolute atomic E-state index is 5.69. The summed E-state index contributed by atoms with van der Waals surface area (Å²) in [5.41, 5.74) is 2.96. The molecular weight excluding hydrogens is 342 g/mol. The predicted octanol–water partition coefficient (Wildman–Crippen LogP) is 3.45. The van der Waals surface area contributed by atoms with Crippen LogP contribution in [0.3, 0.4) is 0 Å². The monoisotopic (exact) mass is 375 g/mol. The third-order valence-corrected chi connectivity index (χ3v) is 6.99. The minimum absolute atomic E-state index is 0.125. The summed E-state index contributed by atoms with van der Waals surface area (Å²) in [6, 6.07) is 8.82. The predicted molar refractivity (Wildman–Crippen MR) is 112 cm³/mol. The maximum atomic E-state index is 5.69. The van der Waals surface area contributed by atoms with Crippen molar-refractivity contribution >= 4 is 17.7 Å². The molecule has 26 heavy (non-hydrogen) atoms. The Morgan fingerprint density at radius 1 is 1.27 bits per heavy atom. The molecule has 2 aliphatic rings. The normalized spacial score (nSPS) is 22.9. The molecule has 0 amide bonds. The van der Waals surface area contributed by atoms with E-state index >= 15 is 0 Å². The van der Waals surface area contributed by atoms with E-state index in [1.165, 1.54) is 11.1 Å². The van der Waals surface area contributed by atoms with Crippen molar-refractivity contribution in [2.75, 3.05) is 45.6 Å². The Kier molecular flexibility index (Phi) is 6.18. The highest BCUT2D eigenvalue weighted by Gasteiger charge is 2.36. The van der Waals surface area contributed by atoms with Crippen molar-refractivity contribution in [2.45, 2.75) is 43.8 Å². The van der Waals surface area contributed by atoms with Crippen LogP contribution >= 0.6 is 11.8 Å². The smallest absolute Gasteiger partial charge is 0.193 e. The summed E-state index contributed by atoms with van der Waals surface area (Å²) in [4.78, 5) is 7.02. The molecule has 2 aliphatic heterocycles. The zero-order valence-electron chi connectivity index (χ0n) is 16.7. The number of nitrogens with one attached hydrogen (secondary N) is 1. The molecule has 0 radical (unpaired) electrons. The van der Waals surface area contributed by atoms with Crippen LogP contribution in [-0.2, 0) is 10.2 Å². The highest BCUT2D eigenvalue weighted by Crippen LogP contribution is 2.36. The summed E-state index contributed by atoms with van der Waals surface area (Å²) < 4.78 is 5.97. The molecule has 0 aliphatic carbocycles. The standard InChI is InChI=1S/C21H33N3OS/c1-17-7-5-6-8-18(17)21(9-12-25-13-10-21)15-23-19(22-4)24-11-14-26-20(2,3)16-24/h5-8H,9-16H2,1-4H3,(H,22,23). The van der Waals surface area contributed by atoms with Crippen LogP contribution in [0.5, 0.6) is 0 Å². The van der Waals surface area contributed by atoms with Crippen LogP contribution in [0.15, 0.2) is 29.3 Å². The zero-order valence-corrected chi connectivity index (χ0v) is 17.5. The van der Waals surface area contributed by atoms with E-state index < -0.39 is 0 Å². The quantitative estimate of drug-likeness (QED) is 0.649. The van der Waals surface area contributed by atoms with Gasteiger partial charge in [0.25, 0.3) is 0 Å². The van der Waals surface area contributed by atoms with Crippen LogP contribution in [0.4, 0.5) is 0 Å². The lowest BCUT2D eigenvalue weighted by Crippen LogP contribution is -2.54. The van der Waals surface area contributed by atoms with E-state index in [9.17, 15) is 0 Å². The summed E-state index contributed by atoms with van der Waals surface area (Å²) in [6.07, 6.45) is 2.12. The molecule has 2 saturated heterocycles. The van der Waals surface area contributed by atoms with Gasteiger partial charge in [0.1, 0.15) is 0 Å². The Morgan fingerprint density at radius 2 is 2.00 bits per heavy atom. The molecule has 144 valence electrons. The molecule has 4 nitrogen and oxygen atoms in total. The molecule has 1 aromatic carbocycles. The highest BCUT2D eigenvalue weighted by atomic mass is 32.2. The van der Waals surface area contributed by atoms with E-state index in [-0.39, 0.29) is 10.2 Å². The van der Waals surface area contributed by atoms with Crippen molar-refractivity contribution in [3.05, 3.63) is 35.4 Å². The van der Waals surface area contributed by atoms with E-state index in [0.717, 1.165) is 57.4 Å². The van der Waals surface area contributed by atoms with Gasteiger partial charge >= 0.3 is 0 Å². The average Bonchev–Trinajstić information content (AvgIpc) is 2.62. The van der Waals surface area contributed by atoms with Gasteiger partial charge < -0.3 is 15.0 Å². The summed E-state index contributed by atoms with van der Waals surface area (Å²) in [5.74, 6) is 2.20. The number of aryl methyl sites for hydroxylation is 1. The van der Waals surface area contributed by atoms with Crippen molar-refractivity contribution < 1.29 is 4.74 Å². The molecule has 1 aromatic rings. The van der Waals surface area contributed by atoms with Crippen LogP contribution in [0, 0.1) is 6.92 Å².